The van der Waals surface area contributed by atoms with Crippen LogP contribution in [0, 0.1) is 6.92 Å². The summed E-state index contributed by atoms with van der Waals surface area (Å²) < 4.78 is 26.9. The van der Waals surface area contributed by atoms with Gasteiger partial charge in [0.1, 0.15) is 0 Å². The van der Waals surface area contributed by atoms with E-state index in [-0.39, 0.29) is 10.5 Å². The van der Waals surface area contributed by atoms with E-state index >= 15 is 0 Å². The number of carboxylic acid groups (broad SMARTS) is 1. The number of carbonyl (C=O) groups excluding carboxylic acids is 1. The third-order valence-corrected chi connectivity index (χ3v) is 5.17. The van der Waals surface area contributed by atoms with E-state index in [9.17, 15) is 18.0 Å². The molecule has 0 radical (unpaired) electrons. The van der Waals surface area contributed by atoms with Gasteiger partial charge in [-0.2, -0.15) is 4.72 Å². The van der Waals surface area contributed by atoms with Crippen molar-refractivity contribution in [1.82, 2.24) is 10.0 Å². The largest absolute Gasteiger partial charge is 0.478 e. The summed E-state index contributed by atoms with van der Waals surface area (Å²) >= 11 is 3.13. The average molecular weight is 379 g/mol. The maximum atomic E-state index is 12.2. The Morgan fingerprint density at radius 3 is 2.38 bits per heavy atom. The number of benzene rings is 1. The molecule has 0 heterocycles. The smallest absolute Gasteiger partial charge is 0.336 e. The molecule has 1 aromatic carbocycles. The molecule has 1 unspecified atom stereocenters. The molecular weight excluding hydrogens is 364 g/mol. The first-order valence-electron chi connectivity index (χ1n) is 5.87. The monoisotopic (exact) mass is 378 g/mol. The van der Waals surface area contributed by atoms with Crippen LogP contribution < -0.4 is 10.0 Å². The van der Waals surface area contributed by atoms with Crippen LogP contribution in [0.1, 0.15) is 22.8 Å². The number of nitrogens with one attached hydrogen (secondary N) is 2. The number of rotatable bonds is 5. The Labute approximate surface area is 130 Å². The molecule has 0 spiro atoms. The number of amides is 1. The topological polar surface area (TPSA) is 113 Å². The van der Waals surface area contributed by atoms with Crippen LogP contribution in [0.2, 0.25) is 0 Å². The summed E-state index contributed by atoms with van der Waals surface area (Å²) in [4.78, 5) is 22.3. The summed E-state index contributed by atoms with van der Waals surface area (Å²) in [7, 11) is -2.63. The summed E-state index contributed by atoms with van der Waals surface area (Å²) in [6.07, 6.45) is 0. The van der Waals surface area contributed by atoms with E-state index in [0.717, 1.165) is 6.07 Å². The van der Waals surface area contributed by atoms with Crippen molar-refractivity contribution < 1.29 is 23.1 Å². The highest BCUT2D eigenvalue weighted by Crippen LogP contribution is 2.25. The molecule has 1 atom stereocenters. The summed E-state index contributed by atoms with van der Waals surface area (Å²) in [5, 5.41) is 11.4. The molecule has 1 aromatic rings. The number of aromatic carboxylic acids is 1. The number of hydrogen-bond acceptors (Lipinski definition) is 4. The molecule has 1 amide bonds. The Hall–Kier alpha value is -1.45. The molecule has 0 aromatic heterocycles. The van der Waals surface area contributed by atoms with E-state index in [1.165, 1.54) is 20.0 Å². The minimum Gasteiger partial charge on any atom is -0.478 e. The zero-order valence-corrected chi connectivity index (χ0v) is 14.0. The first-order chi connectivity index (χ1) is 9.60. The summed E-state index contributed by atoms with van der Waals surface area (Å²) in [6.45, 7) is 2.95. The van der Waals surface area contributed by atoms with Crippen LogP contribution in [0.4, 0.5) is 0 Å². The molecule has 0 aliphatic carbocycles. The average Bonchev–Trinajstić information content (AvgIpc) is 2.39. The highest BCUT2D eigenvalue weighted by molar-refractivity contribution is 9.10. The number of hydrogen-bond donors (Lipinski definition) is 3. The van der Waals surface area contributed by atoms with Crippen molar-refractivity contribution in [1.29, 1.82) is 0 Å². The molecule has 21 heavy (non-hydrogen) atoms. The van der Waals surface area contributed by atoms with Crippen molar-refractivity contribution in [3.8, 4) is 0 Å². The molecule has 9 heteroatoms. The first kappa shape index (κ1) is 17.6. The maximum absolute atomic E-state index is 12.2. The number of carboxylic acids is 1. The fourth-order valence-corrected chi connectivity index (χ4v) is 3.47. The molecular formula is C12H15BrN2O5S. The highest BCUT2D eigenvalue weighted by atomic mass is 79.9. The zero-order chi connectivity index (χ0) is 16.4. The molecule has 3 N–H and O–H groups in total. The van der Waals surface area contributed by atoms with Crippen LogP contribution in [0.3, 0.4) is 0 Å². The van der Waals surface area contributed by atoms with Crippen LogP contribution in [-0.2, 0) is 14.8 Å². The molecule has 0 bridgehead atoms. The number of likely N-dealkylation sites (N-methyl/N-ethyl adjacent to an activating group) is 1. The second-order valence-electron chi connectivity index (χ2n) is 4.34. The van der Waals surface area contributed by atoms with Crippen LogP contribution >= 0.6 is 15.9 Å². The van der Waals surface area contributed by atoms with Crippen LogP contribution in [-0.4, -0.2) is 38.5 Å². The van der Waals surface area contributed by atoms with Gasteiger partial charge in [0.15, 0.2) is 0 Å². The lowest BCUT2D eigenvalue weighted by Gasteiger charge is -2.14. The lowest BCUT2D eigenvalue weighted by Crippen LogP contribution is -2.43. The number of halogens is 1. The Kier molecular flexibility index (Phi) is 5.48. The summed E-state index contributed by atoms with van der Waals surface area (Å²) in [5.74, 6) is -1.73. The van der Waals surface area contributed by atoms with Gasteiger partial charge < -0.3 is 10.4 Å². The van der Waals surface area contributed by atoms with E-state index in [1.807, 2.05) is 0 Å². The van der Waals surface area contributed by atoms with Gasteiger partial charge in [0, 0.05) is 11.5 Å². The van der Waals surface area contributed by atoms with Gasteiger partial charge in [0.05, 0.1) is 16.5 Å². The second-order valence-corrected chi connectivity index (χ2v) is 6.91. The minimum atomic E-state index is -4.01. The van der Waals surface area contributed by atoms with Crippen LogP contribution in [0.5, 0.6) is 0 Å². The van der Waals surface area contributed by atoms with Crippen molar-refractivity contribution in [2.24, 2.45) is 0 Å². The first-order valence-corrected chi connectivity index (χ1v) is 8.15. The fourth-order valence-electron chi connectivity index (χ4n) is 1.60. The van der Waals surface area contributed by atoms with Gasteiger partial charge in [-0.05, 0) is 31.5 Å². The Bertz CT molecular complexity index is 687. The predicted octanol–water partition coefficient (Wildman–Crippen LogP) is 0.869. The normalized spacial score (nSPS) is 12.8. The van der Waals surface area contributed by atoms with Crippen LogP contribution in [0.15, 0.2) is 21.5 Å². The third kappa shape index (κ3) is 4.02. The Morgan fingerprint density at radius 1 is 1.33 bits per heavy atom. The summed E-state index contributed by atoms with van der Waals surface area (Å²) in [6, 6.07) is 1.37. The fraction of sp³-hybridized carbons (Fsp3) is 0.333. The second kappa shape index (κ2) is 6.54. The van der Waals surface area contributed by atoms with Crippen molar-refractivity contribution in [3.63, 3.8) is 0 Å². The van der Waals surface area contributed by atoms with Crippen LogP contribution in [0.25, 0.3) is 0 Å². The van der Waals surface area contributed by atoms with Gasteiger partial charge in [-0.3, -0.25) is 4.79 Å². The molecule has 0 fully saturated rings. The zero-order valence-electron chi connectivity index (χ0n) is 11.6. The lowest BCUT2D eigenvalue weighted by atomic mass is 10.1. The van der Waals surface area contributed by atoms with Crippen molar-refractivity contribution >= 4 is 37.8 Å². The van der Waals surface area contributed by atoms with Gasteiger partial charge >= 0.3 is 5.97 Å². The van der Waals surface area contributed by atoms with Crippen molar-refractivity contribution in [3.05, 3.63) is 27.7 Å². The summed E-state index contributed by atoms with van der Waals surface area (Å²) in [5.41, 5.74) is 0.290. The highest BCUT2D eigenvalue weighted by Gasteiger charge is 2.24. The Balaban J connectivity index is 3.27. The Morgan fingerprint density at radius 2 is 1.90 bits per heavy atom. The van der Waals surface area contributed by atoms with E-state index < -0.39 is 27.9 Å². The lowest BCUT2D eigenvalue weighted by molar-refractivity contribution is -0.121. The van der Waals surface area contributed by atoms with Gasteiger partial charge in [0.25, 0.3) is 0 Å². The van der Waals surface area contributed by atoms with Gasteiger partial charge in [0.2, 0.25) is 15.9 Å². The van der Waals surface area contributed by atoms with E-state index in [2.05, 4.69) is 26.0 Å². The van der Waals surface area contributed by atoms with Gasteiger partial charge in [-0.1, -0.05) is 15.9 Å². The van der Waals surface area contributed by atoms with Crippen molar-refractivity contribution in [2.75, 3.05) is 7.05 Å². The van der Waals surface area contributed by atoms with E-state index in [4.69, 9.17) is 5.11 Å². The van der Waals surface area contributed by atoms with Crippen molar-refractivity contribution in [2.45, 2.75) is 24.8 Å². The maximum Gasteiger partial charge on any atom is 0.336 e. The molecule has 0 aliphatic heterocycles. The molecule has 0 aliphatic rings. The molecule has 116 valence electrons. The quantitative estimate of drug-likeness (QED) is 0.703. The van der Waals surface area contributed by atoms with Gasteiger partial charge in [-0.15, -0.1) is 0 Å². The molecule has 0 saturated carbocycles. The minimum absolute atomic E-state index is 0.127. The predicted molar refractivity (Wildman–Crippen MR) is 79.7 cm³/mol. The molecule has 1 rings (SSSR count). The standard InChI is InChI=1S/C12H15BrN2O5S/c1-6-9(12(17)18)4-8(5-10(6)13)21(19,20)15-7(2)11(16)14-3/h4-5,7,15H,1-3H3,(H,14,16)(H,17,18). The third-order valence-electron chi connectivity index (χ3n) is 2.83. The van der Waals surface area contributed by atoms with E-state index in [0.29, 0.717) is 10.0 Å². The van der Waals surface area contributed by atoms with Gasteiger partial charge in [-0.25, -0.2) is 13.2 Å². The number of carbonyl (C=O) groups is 2. The molecule has 0 saturated heterocycles. The molecule has 7 nitrogen and oxygen atoms in total. The number of sulfonamides is 1. The van der Waals surface area contributed by atoms with E-state index in [1.54, 1.807) is 6.92 Å². The SMILES string of the molecule is CNC(=O)C(C)NS(=O)(=O)c1cc(Br)c(C)c(C(=O)O)c1.